The van der Waals surface area contributed by atoms with E-state index in [1.165, 1.54) is 6.20 Å². The van der Waals surface area contributed by atoms with Gasteiger partial charge in [0.25, 0.3) is 5.56 Å². The number of rotatable bonds is 3. The minimum atomic E-state index is -4.48. The van der Waals surface area contributed by atoms with E-state index in [9.17, 15) is 18.0 Å². The van der Waals surface area contributed by atoms with Crippen LogP contribution in [0.25, 0.3) is 0 Å². The predicted molar refractivity (Wildman–Crippen MR) is 62.3 cm³/mol. The number of nitrogens with zero attached hydrogens (tertiary/aromatic N) is 2. The molecule has 0 saturated heterocycles. The smallest absolute Gasteiger partial charge is 0.378 e. The molecule has 2 atom stereocenters. The molecule has 1 aliphatic rings. The number of nitrogens with two attached hydrogens (primary N) is 1. The second kappa shape index (κ2) is 4.54. The van der Waals surface area contributed by atoms with Gasteiger partial charge in [-0.25, -0.2) is 4.68 Å². The Hall–Kier alpha value is -1.09. The van der Waals surface area contributed by atoms with E-state index in [1.54, 1.807) is 0 Å². The van der Waals surface area contributed by atoms with Gasteiger partial charge in [-0.3, -0.25) is 4.79 Å². The van der Waals surface area contributed by atoms with Gasteiger partial charge in [0.05, 0.1) is 11.9 Å². The highest BCUT2D eigenvalue weighted by Crippen LogP contribution is 2.26. The molecule has 2 rings (SSSR count). The number of hydrogen-bond donors (Lipinski definition) is 2. The predicted octanol–water partition coefficient (Wildman–Crippen LogP) is 1.08. The molecule has 9 heteroatoms. The summed E-state index contributed by atoms with van der Waals surface area (Å²) >= 11 is 2.97. The van der Waals surface area contributed by atoms with Crippen molar-refractivity contribution in [2.24, 2.45) is 5.73 Å². The minimum Gasteiger partial charge on any atom is -0.378 e. The first-order valence-corrected chi connectivity index (χ1v) is 5.92. The molecule has 1 aliphatic carbocycles. The Labute approximate surface area is 108 Å². The molecule has 0 bridgehead atoms. The fourth-order valence-electron chi connectivity index (χ4n) is 1.43. The lowest BCUT2D eigenvalue weighted by Crippen LogP contribution is -2.31. The first kappa shape index (κ1) is 13.3. The number of aromatic nitrogens is 2. The summed E-state index contributed by atoms with van der Waals surface area (Å²) in [4.78, 5) is 11.6. The lowest BCUT2D eigenvalue weighted by Gasteiger charge is -2.11. The molecular formula is C9H10BrF3N4O. The van der Waals surface area contributed by atoms with Crippen LogP contribution in [0.15, 0.2) is 15.5 Å². The van der Waals surface area contributed by atoms with Crippen LogP contribution >= 0.6 is 15.9 Å². The van der Waals surface area contributed by atoms with Crippen molar-refractivity contribution in [2.75, 3.05) is 5.32 Å². The van der Waals surface area contributed by atoms with Gasteiger partial charge in [-0.15, -0.1) is 0 Å². The van der Waals surface area contributed by atoms with Crippen molar-refractivity contribution < 1.29 is 13.2 Å². The number of hydrogen-bond acceptors (Lipinski definition) is 4. The summed E-state index contributed by atoms with van der Waals surface area (Å²) in [5, 5.41) is 6.42. The van der Waals surface area contributed by atoms with Crippen molar-refractivity contribution in [3.63, 3.8) is 0 Å². The molecule has 0 amide bonds. The van der Waals surface area contributed by atoms with Gasteiger partial charge in [0.2, 0.25) is 0 Å². The molecule has 1 saturated carbocycles. The van der Waals surface area contributed by atoms with Crippen molar-refractivity contribution in [3.8, 4) is 0 Å². The topological polar surface area (TPSA) is 72.9 Å². The second-order valence-electron chi connectivity index (χ2n) is 4.10. The van der Waals surface area contributed by atoms with Gasteiger partial charge in [-0.2, -0.15) is 18.3 Å². The molecule has 2 unspecified atom stereocenters. The Balaban J connectivity index is 2.21. The van der Waals surface area contributed by atoms with Gasteiger partial charge in [0.15, 0.2) is 0 Å². The third-order valence-corrected chi connectivity index (χ3v) is 3.26. The van der Waals surface area contributed by atoms with E-state index >= 15 is 0 Å². The lowest BCUT2D eigenvalue weighted by atomic mass is 10.4. The van der Waals surface area contributed by atoms with E-state index in [-0.39, 0.29) is 16.6 Å². The van der Waals surface area contributed by atoms with Crippen LogP contribution in [0.4, 0.5) is 18.9 Å². The average molecular weight is 327 g/mol. The highest BCUT2D eigenvalue weighted by atomic mass is 79.9. The summed E-state index contributed by atoms with van der Waals surface area (Å²) in [5.41, 5.74) is 5.12. The summed E-state index contributed by atoms with van der Waals surface area (Å²) < 4.78 is 36.9. The van der Waals surface area contributed by atoms with Crippen molar-refractivity contribution in [1.29, 1.82) is 0 Å². The fourth-order valence-corrected chi connectivity index (χ4v) is 1.85. The Kier molecular flexibility index (Phi) is 3.37. The third kappa shape index (κ3) is 3.02. The van der Waals surface area contributed by atoms with Gasteiger partial charge < -0.3 is 11.1 Å². The standard InChI is InChI=1S/C9H10BrF3N4O/c10-7-6(16-5-1-4(5)14)2-15-17(8(7)18)3-9(11,12)13/h2,4-5,16H,1,3,14H2. The van der Waals surface area contributed by atoms with E-state index in [0.717, 1.165) is 6.42 Å². The van der Waals surface area contributed by atoms with Gasteiger partial charge in [0.1, 0.15) is 11.0 Å². The monoisotopic (exact) mass is 326 g/mol. The molecule has 1 heterocycles. The largest absolute Gasteiger partial charge is 0.408 e. The summed E-state index contributed by atoms with van der Waals surface area (Å²) in [5.74, 6) is 0. The molecule has 0 aromatic carbocycles. The highest BCUT2D eigenvalue weighted by Gasteiger charge is 2.34. The Morgan fingerprint density at radius 3 is 2.72 bits per heavy atom. The first-order valence-electron chi connectivity index (χ1n) is 5.12. The summed E-state index contributed by atoms with van der Waals surface area (Å²) in [7, 11) is 0. The summed E-state index contributed by atoms with van der Waals surface area (Å²) in [6, 6.07) is 0.0514. The molecule has 3 N–H and O–H groups in total. The van der Waals surface area contributed by atoms with Crippen LogP contribution in [0.3, 0.4) is 0 Å². The van der Waals surface area contributed by atoms with Crippen molar-refractivity contribution in [3.05, 3.63) is 21.0 Å². The number of nitrogens with one attached hydrogen (secondary N) is 1. The third-order valence-electron chi connectivity index (χ3n) is 2.49. The maximum Gasteiger partial charge on any atom is 0.408 e. The maximum absolute atomic E-state index is 12.2. The number of anilines is 1. The molecule has 100 valence electrons. The Morgan fingerprint density at radius 2 is 2.22 bits per heavy atom. The molecule has 1 fully saturated rings. The van der Waals surface area contributed by atoms with Crippen LogP contribution in [0.2, 0.25) is 0 Å². The normalized spacial score (nSPS) is 22.9. The molecule has 0 spiro atoms. The molecule has 18 heavy (non-hydrogen) atoms. The molecule has 1 aromatic rings. The van der Waals surface area contributed by atoms with Gasteiger partial charge >= 0.3 is 6.18 Å². The van der Waals surface area contributed by atoms with Crippen LogP contribution in [0.5, 0.6) is 0 Å². The molecule has 0 aliphatic heterocycles. The molecule has 5 nitrogen and oxygen atoms in total. The quantitative estimate of drug-likeness (QED) is 0.871. The van der Waals surface area contributed by atoms with Crippen molar-refractivity contribution >= 4 is 21.6 Å². The zero-order valence-electron chi connectivity index (χ0n) is 9.04. The van der Waals surface area contributed by atoms with Crippen LogP contribution in [0, 0.1) is 0 Å². The van der Waals surface area contributed by atoms with Gasteiger partial charge in [-0.1, -0.05) is 0 Å². The van der Waals surface area contributed by atoms with Crippen LogP contribution in [0.1, 0.15) is 6.42 Å². The van der Waals surface area contributed by atoms with E-state index in [1.807, 2.05) is 0 Å². The average Bonchev–Trinajstić information content (AvgIpc) is 2.92. The zero-order valence-corrected chi connectivity index (χ0v) is 10.6. The van der Waals surface area contributed by atoms with Crippen molar-refractivity contribution in [1.82, 2.24) is 9.78 Å². The van der Waals surface area contributed by atoms with Gasteiger partial charge in [0, 0.05) is 12.1 Å². The number of alkyl halides is 3. The van der Waals surface area contributed by atoms with Gasteiger partial charge in [-0.05, 0) is 22.4 Å². The summed E-state index contributed by atoms with van der Waals surface area (Å²) in [6.45, 7) is -1.41. The number of halogens is 4. The molecule has 0 radical (unpaired) electrons. The zero-order chi connectivity index (χ0) is 13.5. The van der Waals surface area contributed by atoms with Crippen LogP contribution in [-0.2, 0) is 6.54 Å². The minimum absolute atomic E-state index is 0.00880. The Bertz CT molecular complexity index is 516. The van der Waals surface area contributed by atoms with E-state index in [0.29, 0.717) is 10.4 Å². The summed E-state index contributed by atoms with van der Waals surface area (Å²) in [6.07, 6.45) is -2.54. The SMILES string of the molecule is NC1CC1Nc1cnn(CC(F)(F)F)c(=O)c1Br. The molecular weight excluding hydrogens is 317 g/mol. The van der Waals surface area contributed by atoms with Crippen molar-refractivity contribution in [2.45, 2.75) is 31.2 Å². The first-order chi connectivity index (χ1) is 8.28. The highest BCUT2D eigenvalue weighted by molar-refractivity contribution is 9.10. The van der Waals surface area contributed by atoms with E-state index in [4.69, 9.17) is 5.73 Å². The van der Waals surface area contributed by atoms with Crippen LogP contribution in [-0.4, -0.2) is 28.0 Å². The van der Waals surface area contributed by atoms with Crippen LogP contribution < -0.4 is 16.6 Å². The fraction of sp³-hybridized carbons (Fsp3) is 0.556. The molecule has 1 aromatic heterocycles. The Morgan fingerprint density at radius 1 is 1.61 bits per heavy atom. The van der Waals surface area contributed by atoms with E-state index in [2.05, 4.69) is 26.3 Å². The maximum atomic E-state index is 12.2. The van der Waals surface area contributed by atoms with E-state index < -0.39 is 18.3 Å². The second-order valence-corrected chi connectivity index (χ2v) is 4.89. The lowest BCUT2D eigenvalue weighted by molar-refractivity contribution is -0.143.